The third-order valence-corrected chi connectivity index (χ3v) is 2.78. The van der Waals surface area contributed by atoms with Crippen molar-refractivity contribution >= 4 is 5.69 Å². The van der Waals surface area contributed by atoms with Gasteiger partial charge in [-0.05, 0) is 39.2 Å². The van der Waals surface area contributed by atoms with Gasteiger partial charge >= 0.3 is 6.18 Å². The first-order chi connectivity index (χ1) is 9.55. The number of nitrogens with zero attached hydrogens (tertiary/aromatic N) is 2. The van der Waals surface area contributed by atoms with E-state index in [0.717, 1.165) is 12.1 Å². The minimum atomic E-state index is -4.56. The Morgan fingerprint density at radius 3 is 2.43 bits per heavy atom. The van der Waals surface area contributed by atoms with Crippen LogP contribution >= 0.6 is 0 Å². The summed E-state index contributed by atoms with van der Waals surface area (Å²) in [6.45, 7) is 2.17. The summed E-state index contributed by atoms with van der Waals surface area (Å²) in [6, 6.07) is 4.78. The largest absolute Gasteiger partial charge is 0.417 e. The van der Waals surface area contributed by atoms with E-state index in [-0.39, 0.29) is 6.54 Å². The zero-order valence-corrected chi connectivity index (χ0v) is 12.1. The second kappa shape index (κ2) is 6.33. The number of aliphatic hydroxyl groups is 1. The van der Waals surface area contributed by atoms with Crippen molar-refractivity contribution in [3.63, 3.8) is 0 Å². The molecule has 1 aromatic rings. The Kier molecular flexibility index (Phi) is 5.20. The van der Waals surface area contributed by atoms with E-state index < -0.39 is 22.9 Å². The highest BCUT2D eigenvalue weighted by Gasteiger charge is 2.33. The van der Waals surface area contributed by atoms with Crippen molar-refractivity contribution in [1.82, 2.24) is 4.90 Å². The molecule has 0 amide bonds. The van der Waals surface area contributed by atoms with Crippen LogP contribution in [-0.4, -0.2) is 42.8 Å². The lowest BCUT2D eigenvalue weighted by molar-refractivity contribution is -0.137. The molecule has 0 heterocycles. The van der Waals surface area contributed by atoms with Gasteiger partial charge in [0.25, 0.3) is 0 Å². The van der Waals surface area contributed by atoms with Crippen LogP contribution in [0, 0.1) is 11.3 Å². The summed E-state index contributed by atoms with van der Waals surface area (Å²) >= 11 is 0. The average Bonchev–Trinajstić information content (AvgIpc) is 2.33. The lowest BCUT2D eigenvalue weighted by atomic mass is 10.0. The maximum absolute atomic E-state index is 12.7. The van der Waals surface area contributed by atoms with Crippen LogP contribution in [0.2, 0.25) is 0 Å². The summed E-state index contributed by atoms with van der Waals surface area (Å²) in [7, 11) is 3.61. The van der Waals surface area contributed by atoms with Crippen LogP contribution in [0.25, 0.3) is 0 Å². The van der Waals surface area contributed by atoms with Crippen LogP contribution in [0.3, 0.4) is 0 Å². The van der Waals surface area contributed by atoms with Gasteiger partial charge in [-0.25, -0.2) is 0 Å². The highest BCUT2D eigenvalue weighted by atomic mass is 19.4. The van der Waals surface area contributed by atoms with Crippen molar-refractivity contribution in [1.29, 1.82) is 5.26 Å². The molecule has 1 aromatic carbocycles. The molecule has 4 nitrogen and oxygen atoms in total. The maximum Gasteiger partial charge on any atom is 0.417 e. The zero-order chi connectivity index (χ0) is 16.3. The lowest BCUT2D eigenvalue weighted by Gasteiger charge is -2.27. The Balaban J connectivity index is 2.86. The first-order valence-electron chi connectivity index (χ1n) is 6.27. The summed E-state index contributed by atoms with van der Waals surface area (Å²) in [4.78, 5) is 1.80. The molecule has 1 atom stereocenters. The summed E-state index contributed by atoms with van der Waals surface area (Å²) < 4.78 is 38.0. The maximum atomic E-state index is 12.7. The monoisotopic (exact) mass is 301 g/mol. The van der Waals surface area contributed by atoms with Crippen molar-refractivity contribution in [3.05, 3.63) is 29.3 Å². The fraction of sp³-hybridized carbons (Fsp3) is 0.500. The van der Waals surface area contributed by atoms with E-state index in [1.807, 2.05) is 0 Å². The molecule has 0 aliphatic heterocycles. The zero-order valence-electron chi connectivity index (χ0n) is 12.1. The van der Waals surface area contributed by atoms with Crippen molar-refractivity contribution in [2.75, 3.05) is 32.5 Å². The Labute approximate surface area is 121 Å². The van der Waals surface area contributed by atoms with Gasteiger partial charge in [0.2, 0.25) is 0 Å². The fourth-order valence-corrected chi connectivity index (χ4v) is 2.02. The van der Waals surface area contributed by atoms with Gasteiger partial charge in [-0.2, -0.15) is 18.4 Å². The quantitative estimate of drug-likeness (QED) is 0.876. The Hall–Kier alpha value is -1.78. The molecule has 0 aromatic heterocycles. The number of likely N-dealkylation sites (N-methyl/N-ethyl adjacent to an activating group) is 1. The van der Waals surface area contributed by atoms with Gasteiger partial charge in [0.1, 0.15) is 0 Å². The SMILES string of the molecule is CN(C)CC(C)(O)CNc1ccc(C(F)(F)F)c(C#N)c1. The molecule has 7 heteroatoms. The molecule has 0 radical (unpaired) electrons. The Bertz CT molecular complexity index is 533. The summed E-state index contributed by atoms with van der Waals surface area (Å²) in [6.07, 6.45) is -4.56. The van der Waals surface area contributed by atoms with Crippen LogP contribution < -0.4 is 5.32 Å². The first kappa shape index (κ1) is 17.3. The van der Waals surface area contributed by atoms with Gasteiger partial charge in [0.05, 0.1) is 22.8 Å². The predicted molar refractivity (Wildman–Crippen MR) is 73.8 cm³/mol. The van der Waals surface area contributed by atoms with E-state index in [9.17, 15) is 18.3 Å². The number of rotatable bonds is 5. The standard InChI is InChI=1S/C14H18F3N3O/c1-13(21,9-20(2)3)8-19-11-4-5-12(14(15,16)17)10(6-11)7-18/h4-6,19,21H,8-9H2,1-3H3. The number of halogens is 3. The van der Waals surface area contributed by atoms with Crippen LogP contribution in [0.5, 0.6) is 0 Å². The molecule has 0 saturated heterocycles. The van der Waals surface area contributed by atoms with E-state index in [1.54, 1.807) is 32.0 Å². The molecular weight excluding hydrogens is 283 g/mol. The minimum Gasteiger partial charge on any atom is -0.387 e. The third-order valence-electron chi connectivity index (χ3n) is 2.78. The molecule has 1 unspecified atom stereocenters. The molecular formula is C14H18F3N3O. The van der Waals surface area contributed by atoms with Gasteiger partial charge in [-0.15, -0.1) is 0 Å². The number of benzene rings is 1. The van der Waals surface area contributed by atoms with Crippen LogP contribution in [-0.2, 0) is 6.18 Å². The molecule has 0 saturated carbocycles. The van der Waals surface area contributed by atoms with Crippen LogP contribution in [0.15, 0.2) is 18.2 Å². The summed E-state index contributed by atoms with van der Waals surface area (Å²) in [5.41, 5.74) is -2.09. The average molecular weight is 301 g/mol. The number of nitriles is 1. The molecule has 0 bridgehead atoms. The topological polar surface area (TPSA) is 59.3 Å². The lowest BCUT2D eigenvalue weighted by Crippen LogP contribution is -2.43. The molecule has 1 rings (SSSR count). The van der Waals surface area contributed by atoms with Gasteiger partial charge in [-0.3, -0.25) is 0 Å². The van der Waals surface area contributed by atoms with E-state index in [0.29, 0.717) is 12.2 Å². The van der Waals surface area contributed by atoms with Crippen molar-refractivity contribution in [2.45, 2.75) is 18.7 Å². The van der Waals surface area contributed by atoms with Crippen molar-refractivity contribution in [3.8, 4) is 6.07 Å². The Morgan fingerprint density at radius 2 is 1.95 bits per heavy atom. The first-order valence-corrected chi connectivity index (χ1v) is 6.27. The van der Waals surface area contributed by atoms with Crippen molar-refractivity contribution < 1.29 is 18.3 Å². The van der Waals surface area contributed by atoms with Crippen molar-refractivity contribution in [2.24, 2.45) is 0 Å². The van der Waals surface area contributed by atoms with E-state index in [4.69, 9.17) is 5.26 Å². The number of hydrogen-bond donors (Lipinski definition) is 2. The van der Waals surface area contributed by atoms with Crippen LogP contribution in [0.4, 0.5) is 18.9 Å². The summed E-state index contributed by atoms with van der Waals surface area (Å²) in [5.74, 6) is 0. The van der Waals surface area contributed by atoms with Gasteiger partial charge in [0.15, 0.2) is 0 Å². The third kappa shape index (κ3) is 5.25. The van der Waals surface area contributed by atoms with Crippen LogP contribution in [0.1, 0.15) is 18.1 Å². The number of anilines is 1. The second-order valence-corrected chi connectivity index (χ2v) is 5.46. The second-order valence-electron chi connectivity index (χ2n) is 5.46. The highest BCUT2D eigenvalue weighted by molar-refractivity contribution is 5.53. The normalized spacial score (nSPS) is 14.6. The van der Waals surface area contributed by atoms with Gasteiger partial charge < -0.3 is 15.3 Å². The fourth-order valence-electron chi connectivity index (χ4n) is 2.02. The molecule has 116 valence electrons. The number of alkyl halides is 3. The molecule has 0 fully saturated rings. The number of nitrogens with one attached hydrogen (secondary N) is 1. The Morgan fingerprint density at radius 1 is 1.33 bits per heavy atom. The minimum absolute atomic E-state index is 0.154. The predicted octanol–water partition coefficient (Wildman–Crippen LogP) is 2.30. The highest BCUT2D eigenvalue weighted by Crippen LogP contribution is 2.33. The summed E-state index contributed by atoms with van der Waals surface area (Å²) in [5, 5.41) is 21.8. The molecule has 0 spiro atoms. The molecule has 0 aliphatic rings. The van der Waals surface area contributed by atoms with Gasteiger partial charge in [-0.1, -0.05) is 0 Å². The van der Waals surface area contributed by atoms with E-state index in [1.165, 1.54) is 6.07 Å². The molecule has 21 heavy (non-hydrogen) atoms. The number of hydrogen-bond acceptors (Lipinski definition) is 4. The van der Waals surface area contributed by atoms with E-state index in [2.05, 4.69) is 5.32 Å². The molecule has 2 N–H and O–H groups in total. The molecule has 0 aliphatic carbocycles. The van der Waals surface area contributed by atoms with E-state index >= 15 is 0 Å². The van der Waals surface area contributed by atoms with Gasteiger partial charge in [0, 0.05) is 18.8 Å². The smallest absolute Gasteiger partial charge is 0.387 e.